The number of hydrogen-bond donors (Lipinski definition) is 6. The fourth-order valence-electron chi connectivity index (χ4n) is 7.13. The Balaban J connectivity index is 0.875. The molecule has 3 atom stereocenters. The van der Waals surface area contributed by atoms with Gasteiger partial charge < -0.3 is 31.1 Å². The fourth-order valence-corrected chi connectivity index (χ4v) is 8.72. The number of sulfone groups is 1. The summed E-state index contributed by atoms with van der Waals surface area (Å²) in [6.07, 6.45) is -3.45. The molecular formula is C41H38F4N10O6S. The highest BCUT2D eigenvalue weighted by molar-refractivity contribution is 7.91. The van der Waals surface area contributed by atoms with Crippen LogP contribution in [-0.2, 0) is 32.6 Å². The van der Waals surface area contributed by atoms with Crippen LogP contribution in [0.25, 0.3) is 10.8 Å². The van der Waals surface area contributed by atoms with E-state index in [0.717, 1.165) is 30.3 Å². The predicted molar refractivity (Wildman–Crippen MR) is 220 cm³/mol. The molecular weight excluding hydrogens is 837 g/mol. The number of nitriles is 1. The van der Waals surface area contributed by atoms with Gasteiger partial charge in [-0.05, 0) is 79.2 Å². The summed E-state index contributed by atoms with van der Waals surface area (Å²) < 4.78 is 88.2. The van der Waals surface area contributed by atoms with E-state index >= 15 is 0 Å². The van der Waals surface area contributed by atoms with E-state index in [2.05, 4.69) is 41.5 Å². The van der Waals surface area contributed by atoms with E-state index < -0.39 is 67.7 Å². The molecule has 16 nitrogen and oxygen atoms in total. The van der Waals surface area contributed by atoms with Crippen LogP contribution in [0.3, 0.4) is 0 Å². The van der Waals surface area contributed by atoms with Crippen molar-refractivity contribution >= 4 is 49.3 Å². The van der Waals surface area contributed by atoms with Crippen molar-refractivity contribution in [2.45, 2.75) is 35.6 Å². The maximum atomic E-state index is 14.6. The number of amides is 1. The van der Waals surface area contributed by atoms with Crippen LogP contribution in [0.15, 0.2) is 94.9 Å². The first-order chi connectivity index (χ1) is 29.4. The second kappa shape index (κ2) is 17.2. The molecule has 7 rings (SSSR count). The highest BCUT2D eigenvalue weighted by Crippen LogP contribution is 2.46. The van der Waals surface area contributed by atoms with Gasteiger partial charge in [0.25, 0.3) is 11.5 Å². The van der Waals surface area contributed by atoms with Gasteiger partial charge in [-0.1, -0.05) is 12.1 Å². The molecule has 0 aliphatic carbocycles. The van der Waals surface area contributed by atoms with Gasteiger partial charge in [0.15, 0.2) is 15.4 Å². The zero-order valence-electron chi connectivity index (χ0n) is 32.9. The van der Waals surface area contributed by atoms with Gasteiger partial charge in [-0.25, -0.2) is 22.9 Å². The second-order valence-corrected chi connectivity index (χ2v) is 16.6. The smallest absolute Gasteiger partial charge is 0.383 e. The van der Waals surface area contributed by atoms with Crippen LogP contribution in [0.4, 0.5) is 40.3 Å². The van der Waals surface area contributed by atoms with E-state index in [0.29, 0.717) is 60.6 Å². The number of anilines is 4. The lowest BCUT2D eigenvalue weighted by Crippen LogP contribution is -2.45. The molecule has 1 unspecified atom stereocenters. The number of hydrogen-bond acceptors (Lipinski definition) is 13. The lowest BCUT2D eigenvalue weighted by molar-refractivity contribution is -0.137. The number of benzene rings is 4. The molecule has 2 aromatic heterocycles. The summed E-state index contributed by atoms with van der Waals surface area (Å²) in [5.74, 6) is -2.75. The molecule has 6 aromatic rings. The quantitative estimate of drug-likeness (QED) is 0.0585. The number of H-pyrrole nitrogens is 1. The zero-order valence-corrected chi connectivity index (χ0v) is 33.7. The Kier molecular flexibility index (Phi) is 12.0. The van der Waals surface area contributed by atoms with Crippen molar-refractivity contribution in [2.75, 3.05) is 53.3 Å². The Hall–Kier alpha value is -6.89. The number of aromatic nitrogens is 5. The van der Waals surface area contributed by atoms with Gasteiger partial charge in [0, 0.05) is 48.3 Å². The molecule has 0 radical (unpaired) electrons. The van der Waals surface area contributed by atoms with Crippen molar-refractivity contribution in [3.63, 3.8) is 0 Å². The Morgan fingerprint density at radius 2 is 1.63 bits per heavy atom. The minimum absolute atomic E-state index is 0.182. The van der Waals surface area contributed by atoms with E-state index in [1.165, 1.54) is 48.8 Å². The molecule has 1 amide bonds. The monoisotopic (exact) mass is 874 g/mol. The maximum Gasteiger partial charge on any atom is 0.417 e. The van der Waals surface area contributed by atoms with Crippen molar-refractivity contribution in [1.29, 1.82) is 5.26 Å². The van der Waals surface area contributed by atoms with Gasteiger partial charge in [-0.3, -0.25) is 14.3 Å². The van der Waals surface area contributed by atoms with Crippen LogP contribution < -0.4 is 26.8 Å². The number of aliphatic hydroxyl groups is 1. The van der Waals surface area contributed by atoms with Gasteiger partial charge in [0.2, 0.25) is 0 Å². The van der Waals surface area contributed by atoms with Gasteiger partial charge in [-0.15, -0.1) is 0 Å². The number of carbonyl (C=O) groups excluding carboxylic acids is 1. The molecule has 21 heteroatoms. The molecule has 1 aliphatic rings. The van der Waals surface area contributed by atoms with Crippen molar-refractivity contribution in [2.24, 2.45) is 7.05 Å². The van der Waals surface area contributed by atoms with Crippen LogP contribution in [0.1, 0.15) is 47.1 Å². The Morgan fingerprint density at radius 1 is 0.984 bits per heavy atom. The minimum Gasteiger partial charge on any atom is -0.383 e. The minimum atomic E-state index is -4.89. The number of carbonyl (C=O) groups is 1. The maximum absolute atomic E-state index is 14.6. The highest BCUT2D eigenvalue weighted by Gasteiger charge is 2.39. The summed E-state index contributed by atoms with van der Waals surface area (Å²) in [7, 11) is -2.48. The molecule has 0 saturated carbocycles. The largest absolute Gasteiger partial charge is 0.417 e. The first kappa shape index (κ1) is 43.2. The molecule has 62 heavy (non-hydrogen) atoms. The Labute approximate surface area is 350 Å². The molecule has 4 aromatic carbocycles. The van der Waals surface area contributed by atoms with E-state index in [-0.39, 0.29) is 16.0 Å². The fraction of sp³-hybridized carbons (Fsp3) is 0.268. The lowest BCUT2D eigenvalue weighted by atomic mass is 9.83. The van der Waals surface area contributed by atoms with Gasteiger partial charge in [0.1, 0.15) is 18.0 Å². The first-order valence-electron chi connectivity index (χ1n) is 18.9. The van der Waals surface area contributed by atoms with E-state index in [1.54, 1.807) is 11.7 Å². The SMILES string of the molecule is Cn1ncnc1[C@H]1c2n[nH]c(=O)c3cc(F)cc(c23)N[C@@H]1c1ccc(NCCOCCNc2ccc(S(=O)(=O)CC(C)(O)C(=O)Nc3ccc(C#N)c(C(F)(F)F)c3)cc2)cc1. The van der Waals surface area contributed by atoms with Crippen molar-refractivity contribution in [1.82, 2.24) is 25.0 Å². The summed E-state index contributed by atoms with van der Waals surface area (Å²) in [5, 5.41) is 43.5. The van der Waals surface area contributed by atoms with E-state index in [9.17, 15) is 40.7 Å². The van der Waals surface area contributed by atoms with Crippen LogP contribution in [-0.4, -0.2) is 82.1 Å². The third kappa shape index (κ3) is 9.21. The molecule has 3 heterocycles. The molecule has 0 bridgehead atoms. The standard InChI is InChI=1S/C41H38F4N10O6S/c1-40(58,39(57)51-28-8-5-24(20-46)31(19-28)41(43,44)45)21-62(59,60)29-11-9-27(10-12-29)48-14-16-61-15-13-47-26-6-3-23(4-7-26)35-34(37-49-22-50-55(37)2)36-33-30(38(56)54-53-36)17-25(42)18-32(33)52-35/h3-12,17-19,22,34-35,47-48,52,58H,13-16,21H2,1-2H3,(H,51,57)(H,54,56)/t34-,35-,40?/m1/s1. The van der Waals surface area contributed by atoms with Gasteiger partial charge >= 0.3 is 6.18 Å². The van der Waals surface area contributed by atoms with Crippen LogP contribution in [0.5, 0.6) is 0 Å². The van der Waals surface area contributed by atoms with Crippen LogP contribution in [0, 0.1) is 17.1 Å². The van der Waals surface area contributed by atoms with Crippen LogP contribution in [0.2, 0.25) is 0 Å². The average Bonchev–Trinajstić information content (AvgIpc) is 3.65. The number of alkyl halides is 3. The predicted octanol–water partition coefficient (Wildman–Crippen LogP) is 5.08. The number of ether oxygens (including phenoxy) is 1. The lowest BCUT2D eigenvalue weighted by Gasteiger charge is -2.33. The molecule has 0 fully saturated rings. The normalized spacial score (nSPS) is 15.9. The summed E-state index contributed by atoms with van der Waals surface area (Å²) in [5.41, 5.74) is -2.13. The summed E-state index contributed by atoms with van der Waals surface area (Å²) in [4.78, 5) is 29.6. The number of rotatable bonds is 15. The number of nitrogens with one attached hydrogen (secondary N) is 5. The molecule has 6 N–H and O–H groups in total. The van der Waals surface area contributed by atoms with Crippen LogP contribution >= 0.6 is 0 Å². The second-order valence-electron chi connectivity index (χ2n) is 14.6. The summed E-state index contributed by atoms with van der Waals surface area (Å²) >= 11 is 0. The number of aryl methyl sites for hydroxylation is 1. The first-order valence-corrected chi connectivity index (χ1v) is 20.6. The van der Waals surface area contributed by atoms with Crippen molar-refractivity contribution in [3.8, 4) is 6.07 Å². The Morgan fingerprint density at radius 3 is 2.24 bits per heavy atom. The van der Waals surface area contributed by atoms with E-state index in [1.807, 2.05) is 24.3 Å². The van der Waals surface area contributed by atoms with Crippen molar-refractivity contribution < 1.29 is 40.6 Å². The summed E-state index contributed by atoms with van der Waals surface area (Å²) in [6, 6.07) is 19.2. The van der Waals surface area contributed by atoms with Gasteiger partial charge in [-0.2, -0.15) is 28.6 Å². The van der Waals surface area contributed by atoms with Gasteiger partial charge in [0.05, 0.1) is 64.1 Å². The zero-order chi connectivity index (χ0) is 44.4. The molecule has 322 valence electrons. The van der Waals surface area contributed by atoms with E-state index in [4.69, 9.17) is 10.00 Å². The number of nitrogens with zero attached hydrogens (tertiary/aromatic N) is 5. The third-order valence-corrected chi connectivity index (χ3v) is 12.1. The Bertz CT molecular complexity index is 2840. The average molecular weight is 875 g/mol. The molecule has 0 spiro atoms. The highest BCUT2D eigenvalue weighted by atomic mass is 32.2. The van der Waals surface area contributed by atoms with Crippen molar-refractivity contribution in [3.05, 3.63) is 130 Å². The molecule has 0 saturated heterocycles. The molecule has 1 aliphatic heterocycles. The third-order valence-electron chi connectivity index (χ3n) is 10.1. The number of aromatic amines is 1. The topological polar surface area (TPSA) is 229 Å². The summed E-state index contributed by atoms with van der Waals surface area (Å²) in [6.45, 7) is 2.46. The number of halogens is 4.